The predicted molar refractivity (Wildman–Crippen MR) is 37.7 cm³/mol. The van der Waals surface area contributed by atoms with Gasteiger partial charge in [-0.25, -0.2) is 0 Å². The molecular formula is C6H16Na. The standard InChI is InChI=1S/2C3H8.Na/c2*1-3-2;/h2*3H2,1-2H3;. The fourth-order valence-corrected chi connectivity index (χ4v) is 0. The Labute approximate surface area is 70.0 Å². The zero-order valence-electron chi connectivity index (χ0n) is 6.41. The summed E-state index contributed by atoms with van der Waals surface area (Å²) in [7, 11) is 0. The Balaban J connectivity index is -0.0000000400. The van der Waals surface area contributed by atoms with Crippen LogP contribution in [-0.4, -0.2) is 29.6 Å². The fraction of sp³-hybridized carbons (Fsp3) is 1.00. The van der Waals surface area contributed by atoms with Crippen molar-refractivity contribution in [3.05, 3.63) is 0 Å². The molecule has 0 aromatic rings. The van der Waals surface area contributed by atoms with Crippen molar-refractivity contribution in [2.45, 2.75) is 40.5 Å². The molecule has 0 N–H and O–H groups in total. The second-order valence-corrected chi connectivity index (χ2v) is 1.41. The molecule has 0 aromatic carbocycles. The van der Waals surface area contributed by atoms with E-state index < -0.39 is 0 Å². The molecule has 0 bridgehead atoms. The second-order valence-electron chi connectivity index (χ2n) is 1.41. The third kappa shape index (κ3) is 175. The van der Waals surface area contributed by atoms with Crippen LogP contribution >= 0.6 is 0 Å². The first-order valence-corrected chi connectivity index (χ1v) is 2.83. The summed E-state index contributed by atoms with van der Waals surface area (Å²) in [6.45, 7) is 8.50. The predicted octanol–water partition coefficient (Wildman–Crippen LogP) is 2.45. The molecule has 1 radical (unpaired) electrons. The largest absolute Gasteiger partial charge is 0.0656 e. The first-order chi connectivity index (χ1) is 2.83. The Hall–Kier alpha value is 1.00. The van der Waals surface area contributed by atoms with E-state index in [2.05, 4.69) is 27.7 Å². The van der Waals surface area contributed by atoms with E-state index >= 15 is 0 Å². The average molecular weight is 111 g/mol. The molecule has 0 aliphatic rings. The SMILES string of the molecule is CCC.CCC.[Na]. The van der Waals surface area contributed by atoms with Gasteiger partial charge in [-0.2, -0.15) is 0 Å². The van der Waals surface area contributed by atoms with E-state index in [1.54, 1.807) is 0 Å². The van der Waals surface area contributed by atoms with Gasteiger partial charge in [-0.1, -0.05) is 40.5 Å². The summed E-state index contributed by atoms with van der Waals surface area (Å²) in [5.41, 5.74) is 0. The first kappa shape index (κ1) is 15.7. The van der Waals surface area contributed by atoms with Crippen LogP contribution in [0.25, 0.3) is 0 Å². The number of rotatable bonds is 0. The van der Waals surface area contributed by atoms with Crippen molar-refractivity contribution in [1.82, 2.24) is 0 Å². The van der Waals surface area contributed by atoms with E-state index in [4.69, 9.17) is 0 Å². The van der Waals surface area contributed by atoms with Crippen LogP contribution < -0.4 is 0 Å². The molecule has 0 saturated heterocycles. The maximum atomic E-state index is 2.12. The maximum Gasteiger partial charge on any atom is 0 e. The van der Waals surface area contributed by atoms with Crippen molar-refractivity contribution in [3.8, 4) is 0 Å². The summed E-state index contributed by atoms with van der Waals surface area (Å²) in [5.74, 6) is 0. The zero-order valence-corrected chi connectivity index (χ0v) is 8.41. The summed E-state index contributed by atoms with van der Waals surface area (Å²) in [5, 5.41) is 0. The molecule has 0 saturated carbocycles. The molecule has 0 aliphatic heterocycles. The Bertz CT molecular complexity index is 6.14. The topological polar surface area (TPSA) is 0 Å². The molecule has 0 aromatic heterocycles. The molecule has 0 unspecified atom stereocenters. The molecule has 0 amide bonds. The zero-order chi connectivity index (χ0) is 5.41. The van der Waals surface area contributed by atoms with Gasteiger partial charge in [0, 0.05) is 29.6 Å². The van der Waals surface area contributed by atoms with Gasteiger partial charge < -0.3 is 0 Å². The van der Waals surface area contributed by atoms with Crippen molar-refractivity contribution < 1.29 is 0 Å². The van der Waals surface area contributed by atoms with Crippen LogP contribution in [0.4, 0.5) is 0 Å². The molecule has 0 rings (SSSR count). The Morgan fingerprint density at radius 3 is 0.714 bits per heavy atom. The van der Waals surface area contributed by atoms with Gasteiger partial charge in [0.15, 0.2) is 0 Å². The second kappa shape index (κ2) is 28.0. The van der Waals surface area contributed by atoms with Crippen LogP contribution in [0.5, 0.6) is 0 Å². The van der Waals surface area contributed by atoms with E-state index in [0.717, 1.165) is 0 Å². The van der Waals surface area contributed by atoms with Gasteiger partial charge in [0.05, 0.1) is 0 Å². The van der Waals surface area contributed by atoms with Crippen LogP contribution in [0.3, 0.4) is 0 Å². The molecule has 0 spiro atoms. The van der Waals surface area contributed by atoms with Crippen LogP contribution in [0, 0.1) is 0 Å². The summed E-state index contributed by atoms with van der Waals surface area (Å²) in [6.07, 6.45) is 2.50. The van der Waals surface area contributed by atoms with Gasteiger partial charge in [-0.3, -0.25) is 0 Å². The fourth-order valence-electron chi connectivity index (χ4n) is 0. The monoisotopic (exact) mass is 111 g/mol. The summed E-state index contributed by atoms with van der Waals surface area (Å²) in [6, 6.07) is 0. The maximum absolute atomic E-state index is 2.12. The number of hydrogen-bond donors (Lipinski definition) is 0. The summed E-state index contributed by atoms with van der Waals surface area (Å²) in [4.78, 5) is 0. The Morgan fingerprint density at radius 1 is 0.714 bits per heavy atom. The van der Waals surface area contributed by atoms with E-state index in [9.17, 15) is 0 Å². The molecule has 7 heavy (non-hydrogen) atoms. The molecule has 0 nitrogen and oxygen atoms in total. The van der Waals surface area contributed by atoms with Gasteiger partial charge in [0.2, 0.25) is 0 Å². The van der Waals surface area contributed by atoms with E-state index in [1.807, 2.05) is 0 Å². The van der Waals surface area contributed by atoms with Crippen LogP contribution in [0.15, 0.2) is 0 Å². The quantitative estimate of drug-likeness (QED) is 0.421. The van der Waals surface area contributed by atoms with Crippen molar-refractivity contribution >= 4 is 29.6 Å². The molecular weight excluding hydrogens is 95.1 g/mol. The summed E-state index contributed by atoms with van der Waals surface area (Å²) < 4.78 is 0. The molecule has 1 heteroatoms. The first-order valence-electron chi connectivity index (χ1n) is 2.83. The van der Waals surface area contributed by atoms with Gasteiger partial charge in [-0.05, 0) is 0 Å². The van der Waals surface area contributed by atoms with Crippen molar-refractivity contribution in [1.29, 1.82) is 0 Å². The van der Waals surface area contributed by atoms with Gasteiger partial charge in [0.1, 0.15) is 0 Å². The van der Waals surface area contributed by atoms with Gasteiger partial charge in [0.25, 0.3) is 0 Å². The third-order valence-electron chi connectivity index (χ3n) is 0. The molecule has 0 fully saturated rings. The van der Waals surface area contributed by atoms with Crippen LogP contribution in [0.2, 0.25) is 0 Å². The van der Waals surface area contributed by atoms with Gasteiger partial charge in [-0.15, -0.1) is 0 Å². The van der Waals surface area contributed by atoms with Crippen molar-refractivity contribution in [2.75, 3.05) is 0 Å². The minimum absolute atomic E-state index is 0. The minimum Gasteiger partial charge on any atom is -0.0656 e. The normalized spacial score (nSPS) is 5.14. The average Bonchev–Trinajstić information content (AvgIpc) is 1.39. The Kier molecular flexibility index (Phi) is 62.7. The summed E-state index contributed by atoms with van der Waals surface area (Å²) >= 11 is 0. The molecule has 0 atom stereocenters. The van der Waals surface area contributed by atoms with E-state index in [1.165, 1.54) is 12.8 Å². The van der Waals surface area contributed by atoms with Crippen molar-refractivity contribution in [2.24, 2.45) is 0 Å². The van der Waals surface area contributed by atoms with E-state index in [-0.39, 0.29) is 29.6 Å². The van der Waals surface area contributed by atoms with Crippen LogP contribution in [-0.2, 0) is 0 Å². The number of hydrogen-bond acceptors (Lipinski definition) is 0. The smallest absolute Gasteiger partial charge is 0 e. The van der Waals surface area contributed by atoms with Crippen LogP contribution in [0.1, 0.15) is 40.5 Å². The minimum atomic E-state index is 0. The van der Waals surface area contributed by atoms with Gasteiger partial charge >= 0.3 is 0 Å². The third-order valence-corrected chi connectivity index (χ3v) is 0. The molecule has 0 aliphatic carbocycles. The van der Waals surface area contributed by atoms with Crippen molar-refractivity contribution in [3.63, 3.8) is 0 Å². The van der Waals surface area contributed by atoms with E-state index in [0.29, 0.717) is 0 Å². The molecule has 41 valence electrons. The molecule has 0 heterocycles. The Morgan fingerprint density at radius 2 is 0.714 bits per heavy atom.